The number of sulfonamides is 1. The zero-order valence-electron chi connectivity index (χ0n) is 18.5. The summed E-state index contributed by atoms with van der Waals surface area (Å²) in [5.74, 6) is -0.232. The molecule has 0 aliphatic heterocycles. The molecule has 1 aliphatic rings. The Hall–Kier alpha value is -3.64. The average Bonchev–Trinajstić information content (AvgIpc) is 3.22. The highest BCUT2D eigenvalue weighted by molar-refractivity contribution is 7.92. The molecule has 2 N–H and O–H groups in total. The molecule has 33 heavy (non-hydrogen) atoms. The van der Waals surface area contributed by atoms with E-state index in [0.717, 1.165) is 29.5 Å². The van der Waals surface area contributed by atoms with E-state index < -0.39 is 10.0 Å². The zero-order chi connectivity index (χ0) is 23.2. The second-order valence-corrected chi connectivity index (χ2v) is 10.2. The largest absolute Gasteiger partial charge is 0.321 e. The van der Waals surface area contributed by atoms with E-state index >= 15 is 0 Å². The number of amides is 1. The lowest BCUT2D eigenvalue weighted by atomic mass is 10.0. The van der Waals surface area contributed by atoms with Crippen molar-refractivity contribution in [1.29, 1.82) is 0 Å². The minimum atomic E-state index is -3.71. The first-order valence-corrected chi connectivity index (χ1v) is 12.4. The Morgan fingerprint density at radius 2 is 1.52 bits per heavy atom. The van der Waals surface area contributed by atoms with Crippen LogP contribution < -0.4 is 10.0 Å². The van der Waals surface area contributed by atoms with Crippen LogP contribution in [0.4, 0.5) is 11.4 Å². The second-order valence-electron chi connectivity index (χ2n) is 8.51. The van der Waals surface area contributed by atoms with Crippen LogP contribution in [0.2, 0.25) is 0 Å². The van der Waals surface area contributed by atoms with Crippen molar-refractivity contribution in [3.63, 3.8) is 0 Å². The van der Waals surface area contributed by atoms with Crippen LogP contribution in [-0.2, 0) is 22.9 Å². The van der Waals surface area contributed by atoms with Gasteiger partial charge in [0.2, 0.25) is 0 Å². The summed E-state index contributed by atoms with van der Waals surface area (Å²) in [4.78, 5) is 13.2. The molecule has 0 bridgehead atoms. The van der Waals surface area contributed by atoms with Gasteiger partial charge in [-0.3, -0.25) is 9.52 Å². The van der Waals surface area contributed by atoms with Gasteiger partial charge in [-0.15, -0.1) is 0 Å². The maximum Gasteiger partial charge on any atom is 0.261 e. The SMILES string of the molecule is Cc1ccc(S(=O)(=O)Nc2ccc(C(=O)Nc3ccc4c5c(cccc35)CC4)cc2C)cc1. The lowest BCUT2D eigenvalue weighted by molar-refractivity contribution is 0.102. The minimum Gasteiger partial charge on any atom is -0.321 e. The Kier molecular flexibility index (Phi) is 5.17. The van der Waals surface area contributed by atoms with Crippen molar-refractivity contribution in [3.05, 3.63) is 101 Å². The van der Waals surface area contributed by atoms with Gasteiger partial charge >= 0.3 is 0 Å². The van der Waals surface area contributed by atoms with Crippen molar-refractivity contribution in [2.24, 2.45) is 0 Å². The van der Waals surface area contributed by atoms with E-state index in [-0.39, 0.29) is 10.8 Å². The minimum absolute atomic E-state index is 0.196. The monoisotopic (exact) mass is 456 g/mol. The summed E-state index contributed by atoms with van der Waals surface area (Å²) in [6, 6.07) is 21.9. The molecule has 0 heterocycles. The molecule has 4 aromatic carbocycles. The molecule has 0 spiro atoms. The van der Waals surface area contributed by atoms with E-state index in [1.807, 2.05) is 25.1 Å². The highest BCUT2D eigenvalue weighted by Gasteiger charge is 2.18. The smallest absolute Gasteiger partial charge is 0.261 e. The fourth-order valence-electron chi connectivity index (χ4n) is 4.39. The number of rotatable bonds is 5. The molecule has 0 fully saturated rings. The van der Waals surface area contributed by atoms with Gasteiger partial charge in [0.15, 0.2) is 0 Å². The summed E-state index contributed by atoms with van der Waals surface area (Å²) in [5.41, 5.74) is 5.98. The number of carbonyl (C=O) groups is 1. The van der Waals surface area contributed by atoms with Crippen LogP contribution in [0.25, 0.3) is 10.8 Å². The topological polar surface area (TPSA) is 75.3 Å². The summed E-state index contributed by atoms with van der Waals surface area (Å²) in [6.45, 7) is 3.68. The van der Waals surface area contributed by atoms with Crippen molar-refractivity contribution >= 4 is 38.1 Å². The molecular weight excluding hydrogens is 432 g/mol. The maximum atomic E-state index is 13.0. The van der Waals surface area contributed by atoms with E-state index in [1.165, 1.54) is 16.5 Å². The first-order valence-electron chi connectivity index (χ1n) is 10.9. The van der Waals surface area contributed by atoms with Crippen LogP contribution in [-0.4, -0.2) is 14.3 Å². The summed E-state index contributed by atoms with van der Waals surface area (Å²) in [6.07, 6.45) is 2.06. The van der Waals surface area contributed by atoms with Gasteiger partial charge < -0.3 is 5.32 Å². The van der Waals surface area contributed by atoms with E-state index in [0.29, 0.717) is 16.8 Å². The second kappa shape index (κ2) is 8.05. The quantitative estimate of drug-likeness (QED) is 0.410. The highest BCUT2D eigenvalue weighted by Crippen LogP contribution is 2.35. The lowest BCUT2D eigenvalue weighted by Gasteiger charge is -2.13. The standard InChI is InChI=1S/C27H24N2O3S/c1-17-6-12-22(13-7-17)33(31,32)29-24-14-11-21(16-18(24)2)27(30)28-25-15-10-20-9-8-19-4-3-5-23(25)26(19)20/h3-7,10-16,29H,8-9H2,1-2H3,(H,28,30). The van der Waals surface area contributed by atoms with Crippen molar-refractivity contribution < 1.29 is 13.2 Å². The van der Waals surface area contributed by atoms with E-state index in [1.54, 1.807) is 49.4 Å². The number of hydrogen-bond acceptors (Lipinski definition) is 3. The number of aryl methyl sites for hydroxylation is 4. The maximum absolute atomic E-state index is 13.0. The lowest BCUT2D eigenvalue weighted by Crippen LogP contribution is -2.15. The molecule has 0 saturated heterocycles. The van der Waals surface area contributed by atoms with Gasteiger partial charge in [-0.05, 0) is 85.2 Å². The molecule has 4 aromatic rings. The van der Waals surface area contributed by atoms with Crippen LogP contribution in [0.1, 0.15) is 32.6 Å². The van der Waals surface area contributed by atoms with Crippen LogP contribution in [0.5, 0.6) is 0 Å². The zero-order valence-corrected chi connectivity index (χ0v) is 19.3. The van der Waals surface area contributed by atoms with Crippen molar-refractivity contribution in [3.8, 4) is 0 Å². The molecule has 0 radical (unpaired) electrons. The molecule has 1 aliphatic carbocycles. The number of benzene rings is 4. The Labute approximate surface area is 193 Å². The van der Waals surface area contributed by atoms with E-state index in [4.69, 9.17) is 0 Å². The number of hydrogen-bond donors (Lipinski definition) is 2. The predicted octanol–water partition coefficient (Wildman–Crippen LogP) is 5.61. The predicted molar refractivity (Wildman–Crippen MR) is 132 cm³/mol. The van der Waals surface area contributed by atoms with Crippen molar-refractivity contribution in [2.45, 2.75) is 31.6 Å². The van der Waals surface area contributed by atoms with Gasteiger partial charge in [0, 0.05) is 16.6 Å². The van der Waals surface area contributed by atoms with E-state index in [2.05, 4.69) is 22.2 Å². The van der Waals surface area contributed by atoms with Gasteiger partial charge in [0.1, 0.15) is 0 Å². The Bertz CT molecular complexity index is 1500. The molecule has 0 unspecified atom stereocenters. The molecule has 0 atom stereocenters. The summed E-state index contributed by atoms with van der Waals surface area (Å²) in [7, 11) is -3.71. The third kappa shape index (κ3) is 3.98. The fourth-order valence-corrected chi connectivity index (χ4v) is 5.52. The first kappa shape index (κ1) is 21.2. The third-order valence-corrected chi connectivity index (χ3v) is 7.57. The Morgan fingerprint density at radius 1 is 0.818 bits per heavy atom. The van der Waals surface area contributed by atoms with Crippen molar-refractivity contribution in [1.82, 2.24) is 0 Å². The first-order chi connectivity index (χ1) is 15.8. The van der Waals surface area contributed by atoms with Crippen LogP contribution in [0.3, 0.4) is 0 Å². The molecule has 0 saturated carbocycles. The van der Waals surface area contributed by atoms with Gasteiger partial charge in [-0.25, -0.2) is 8.42 Å². The number of nitrogens with one attached hydrogen (secondary N) is 2. The van der Waals surface area contributed by atoms with Crippen LogP contribution in [0, 0.1) is 13.8 Å². The molecule has 5 nitrogen and oxygen atoms in total. The van der Waals surface area contributed by atoms with Crippen molar-refractivity contribution in [2.75, 3.05) is 10.0 Å². The van der Waals surface area contributed by atoms with Crippen LogP contribution in [0.15, 0.2) is 77.7 Å². The molecule has 0 aromatic heterocycles. The van der Waals surface area contributed by atoms with Gasteiger partial charge in [0.25, 0.3) is 15.9 Å². The molecule has 166 valence electrons. The number of anilines is 2. The summed E-state index contributed by atoms with van der Waals surface area (Å²) in [5, 5.41) is 5.33. The Balaban J connectivity index is 1.38. The van der Waals surface area contributed by atoms with Gasteiger partial charge in [0.05, 0.1) is 10.6 Å². The average molecular weight is 457 g/mol. The van der Waals surface area contributed by atoms with Crippen LogP contribution >= 0.6 is 0 Å². The summed E-state index contributed by atoms with van der Waals surface area (Å²) >= 11 is 0. The third-order valence-electron chi connectivity index (χ3n) is 6.19. The fraction of sp³-hybridized carbons (Fsp3) is 0.148. The molecule has 1 amide bonds. The normalized spacial score (nSPS) is 12.7. The highest BCUT2D eigenvalue weighted by atomic mass is 32.2. The molecule has 5 rings (SSSR count). The Morgan fingerprint density at radius 3 is 2.24 bits per heavy atom. The van der Waals surface area contributed by atoms with E-state index in [9.17, 15) is 13.2 Å². The number of carbonyl (C=O) groups excluding carboxylic acids is 1. The molecular formula is C27H24N2O3S. The molecule has 6 heteroatoms. The summed E-state index contributed by atoms with van der Waals surface area (Å²) < 4.78 is 28.1. The van der Waals surface area contributed by atoms with Gasteiger partial charge in [-0.1, -0.05) is 42.0 Å². The van der Waals surface area contributed by atoms with Gasteiger partial charge in [-0.2, -0.15) is 0 Å².